The van der Waals surface area contributed by atoms with Crippen molar-refractivity contribution in [3.8, 4) is 5.75 Å². The lowest BCUT2D eigenvalue weighted by Gasteiger charge is -2.31. The van der Waals surface area contributed by atoms with Crippen molar-refractivity contribution in [3.63, 3.8) is 0 Å². The number of hydrogen-bond donors (Lipinski definition) is 1. The van der Waals surface area contributed by atoms with Gasteiger partial charge in [0, 0.05) is 31.0 Å². The highest BCUT2D eigenvalue weighted by molar-refractivity contribution is 6.01. The van der Waals surface area contributed by atoms with Gasteiger partial charge in [-0.1, -0.05) is 0 Å². The normalized spacial score (nSPS) is 16.6. The Morgan fingerprint density at radius 3 is 2.70 bits per heavy atom. The third kappa shape index (κ3) is 4.19. The lowest BCUT2D eigenvalue weighted by atomic mass is 9.88. The lowest BCUT2D eigenvalue weighted by molar-refractivity contribution is -0.132. The number of nitrogens with zero attached hydrogens (tertiary/aromatic N) is 4. The maximum Gasteiger partial charge on any atom is 0.262 e. The van der Waals surface area contributed by atoms with Crippen molar-refractivity contribution in [1.82, 2.24) is 19.7 Å². The quantitative estimate of drug-likeness (QED) is 0.751. The fourth-order valence-corrected chi connectivity index (χ4v) is 4.00. The number of benzene rings is 1. The van der Waals surface area contributed by atoms with Gasteiger partial charge in [-0.25, -0.2) is 9.67 Å². The van der Waals surface area contributed by atoms with Gasteiger partial charge in [-0.15, -0.1) is 0 Å². The second-order valence-corrected chi connectivity index (χ2v) is 7.75. The number of ether oxygens (including phenoxy) is 1. The third-order valence-corrected chi connectivity index (χ3v) is 5.62. The van der Waals surface area contributed by atoms with E-state index in [1.807, 2.05) is 18.7 Å². The highest BCUT2D eigenvalue weighted by atomic mass is 16.5. The maximum absolute atomic E-state index is 12.9. The molecule has 1 aromatic carbocycles. The van der Waals surface area contributed by atoms with Crippen molar-refractivity contribution < 1.29 is 19.1 Å². The Hall–Kier alpha value is -3.23. The van der Waals surface area contributed by atoms with Gasteiger partial charge in [0.1, 0.15) is 17.4 Å². The molecule has 3 heterocycles. The summed E-state index contributed by atoms with van der Waals surface area (Å²) in [6.45, 7) is 5.33. The van der Waals surface area contributed by atoms with E-state index >= 15 is 0 Å². The van der Waals surface area contributed by atoms with Crippen LogP contribution >= 0.6 is 0 Å². The van der Waals surface area contributed by atoms with Crippen molar-refractivity contribution in [2.24, 2.45) is 5.92 Å². The first-order valence-electron chi connectivity index (χ1n) is 10.2. The highest BCUT2D eigenvalue weighted by Gasteiger charge is 2.29. The first kappa shape index (κ1) is 20.1. The standard InChI is InChI=1S/C21H25N5O4/c1-13-22-14(2)26(24-13)10-7-20(28)25-8-5-15(6-9-25)21(29)16-3-4-18-17(11-16)23-19(27)12-30-18/h3-4,11,15H,5-10,12H2,1-2H3,(H,23,27). The number of amides is 2. The van der Waals surface area contributed by atoms with Crippen LogP contribution in [0.4, 0.5) is 5.69 Å². The first-order valence-corrected chi connectivity index (χ1v) is 10.2. The van der Waals surface area contributed by atoms with Crippen LogP contribution in [-0.2, 0) is 16.1 Å². The van der Waals surface area contributed by atoms with Crippen molar-refractivity contribution >= 4 is 23.3 Å². The number of fused-ring (bicyclic) bond motifs is 1. The number of ketones is 1. The Morgan fingerprint density at radius 1 is 1.23 bits per heavy atom. The molecule has 30 heavy (non-hydrogen) atoms. The first-order chi connectivity index (χ1) is 14.4. The average molecular weight is 411 g/mol. The summed E-state index contributed by atoms with van der Waals surface area (Å²) < 4.78 is 7.09. The smallest absolute Gasteiger partial charge is 0.262 e. The molecule has 2 aromatic rings. The van der Waals surface area contributed by atoms with Gasteiger partial charge in [0.25, 0.3) is 5.91 Å². The van der Waals surface area contributed by atoms with E-state index in [9.17, 15) is 14.4 Å². The van der Waals surface area contributed by atoms with Gasteiger partial charge in [-0.3, -0.25) is 14.4 Å². The predicted octanol–water partition coefficient (Wildman–Crippen LogP) is 1.74. The molecule has 2 aliphatic heterocycles. The molecule has 0 aliphatic carbocycles. The number of Topliss-reactive ketones (excluding diaryl/α,β-unsaturated/α-hetero) is 1. The minimum atomic E-state index is -0.227. The number of nitrogens with one attached hydrogen (secondary N) is 1. The van der Waals surface area contributed by atoms with Gasteiger partial charge in [0.15, 0.2) is 12.4 Å². The minimum Gasteiger partial charge on any atom is -0.482 e. The van der Waals surface area contributed by atoms with Crippen LogP contribution in [-0.4, -0.2) is 57.0 Å². The van der Waals surface area contributed by atoms with Crippen LogP contribution in [0.3, 0.4) is 0 Å². The molecule has 0 saturated carbocycles. The zero-order chi connectivity index (χ0) is 21.3. The van der Waals surface area contributed by atoms with E-state index in [1.165, 1.54) is 0 Å². The molecule has 1 aromatic heterocycles. The van der Waals surface area contributed by atoms with Crippen molar-refractivity contribution in [2.75, 3.05) is 25.0 Å². The lowest BCUT2D eigenvalue weighted by Crippen LogP contribution is -2.40. The fourth-order valence-electron chi connectivity index (χ4n) is 4.00. The number of carbonyl (C=O) groups is 3. The summed E-state index contributed by atoms with van der Waals surface area (Å²) in [5.41, 5.74) is 1.09. The summed E-state index contributed by atoms with van der Waals surface area (Å²) in [5, 5.41) is 7.02. The Labute approximate surface area is 174 Å². The molecule has 2 aliphatic rings. The molecule has 0 radical (unpaired) electrons. The number of likely N-dealkylation sites (tertiary alicyclic amines) is 1. The molecule has 1 N–H and O–H groups in total. The second kappa shape index (κ2) is 8.25. The number of aryl methyl sites for hydroxylation is 3. The summed E-state index contributed by atoms with van der Waals surface area (Å²) in [6.07, 6.45) is 1.63. The summed E-state index contributed by atoms with van der Waals surface area (Å²) >= 11 is 0. The van der Waals surface area contributed by atoms with Crippen molar-refractivity contribution in [1.29, 1.82) is 0 Å². The zero-order valence-electron chi connectivity index (χ0n) is 17.2. The minimum absolute atomic E-state index is 0.0110. The van der Waals surface area contributed by atoms with Gasteiger partial charge in [0.2, 0.25) is 5.91 Å². The molecule has 1 saturated heterocycles. The molecule has 2 amide bonds. The van der Waals surface area contributed by atoms with Gasteiger partial charge < -0.3 is 15.0 Å². The molecule has 0 atom stereocenters. The second-order valence-electron chi connectivity index (χ2n) is 7.75. The Kier molecular flexibility index (Phi) is 5.52. The maximum atomic E-state index is 12.9. The van der Waals surface area contributed by atoms with E-state index in [0.29, 0.717) is 61.7 Å². The number of aromatic nitrogens is 3. The molecule has 0 spiro atoms. The fraction of sp³-hybridized carbons (Fsp3) is 0.476. The Morgan fingerprint density at radius 2 is 2.00 bits per heavy atom. The molecule has 1 fully saturated rings. The Balaban J connectivity index is 1.31. The van der Waals surface area contributed by atoms with Gasteiger partial charge >= 0.3 is 0 Å². The molecule has 158 valence electrons. The summed E-state index contributed by atoms with van der Waals surface area (Å²) in [4.78, 5) is 43.0. The van der Waals surface area contributed by atoms with E-state index in [-0.39, 0.29) is 30.1 Å². The highest BCUT2D eigenvalue weighted by Crippen LogP contribution is 2.30. The molecular formula is C21H25N5O4. The number of rotatable bonds is 5. The number of carbonyl (C=O) groups excluding carboxylic acids is 3. The van der Waals surface area contributed by atoms with E-state index < -0.39 is 0 Å². The Bertz CT molecular complexity index is 991. The van der Waals surface area contributed by atoms with Gasteiger partial charge in [0.05, 0.1) is 12.2 Å². The third-order valence-electron chi connectivity index (χ3n) is 5.62. The number of anilines is 1. The number of piperidine rings is 1. The zero-order valence-corrected chi connectivity index (χ0v) is 17.2. The van der Waals surface area contributed by atoms with E-state index in [2.05, 4.69) is 15.4 Å². The van der Waals surface area contributed by atoms with Crippen LogP contribution in [0.1, 0.15) is 41.3 Å². The van der Waals surface area contributed by atoms with E-state index in [1.54, 1.807) is 22.9 Å². The molecule has 0 unspecified atom stereocenters. The van der Waals surface area contributed by atoms with Crippen LogP contribution in [0.2, 0.25) is 0 Å². The SMILES string of the molecule is Cc1nc(C)n(CCC(=O)N2CCC(C(=O)c3ccc4c(c3)NC(=O)CO4)CC2)n1. The molecular weight excluding hydrogens is 386 g/mol. The van der Waals surface area contributed by atoms with Crippen LogP contribution in [0.25, 0.3) is 0 Å². The topological polar surface area (TPSA) is 106 Å². The predicted molar refractivity (Wildman–Crippen MR) is 108 cm³/mol. The van der Waals surface area contributed by atoms with Gasteiger partial charge in [-0.2, -0.15) is 5.10 Å². The molecule has 0 bridgehead atoms. The summed E-state index contributed by atoms with van der Waals surface area (Å²) in [6, 6.07) is 5.13. The number of hydrogen-bond acceptors (Lipinski definition) is 6. The van der Waals surface area contributed by atoms with Crippen LogP contribution in [0, 0.1) is 19.8 Å². The summed E-state index contributed by atoms with van der Waals surface area (Å²) in [5.74, 6) is 1.83. The van der Waals surface area contributed by atoms with E-state index in [0.717, 1.165) is 5.82 Å². The molecule has 9 heteroatoms. The van der Waals surface area contributed by atoms with Gasteiger partial charge in [-0.05, 0) is 44.9 Å². The van der Waals surface area contributed by atoms with Crippen LogP contribution in [0.15, 0.2) is 18.2 Å². The monoisotopic (exact) mass is 411 g/mol. The van der Waals surface area contributed by atoms with Crippen molar-refractivity contribution in [3.05, 3.63) is 35.4 Å². The molecule has 4 rings (SSSR count). The van der Waals surface area contributed by atoms with E-state index in [4.69, 9.17) is 4.74 Å². The van der Waals surface area contributed by atoms with Crippen LogP contribution in [0.5, 0.6) is 5.75 Å². The summed E-state index contributed by atoms with van der Waals surface area (Å²) in [7, 11) is 0. The van der Waals surface area contributed by atoms with Crippen molar-refractivity contribution in [2.45, 2.75) is 39.7 Å². The molecule has 9 nitrogen and oxygen atoms in total. The largest absolute Gasteiger partial charge is 0.482 e. The van der Waals surface area contributed by atoms with Crippen LogP contribution < -0.4 is 10.1 Å². The average Bonchev–Trinajstić information content (AvgIpc) is 3.07.